The number of rotatable bonds is 3. The Hall–Kier alpha value is -1.99. The van der Waals surface area contributed by atoms with Gasteiger partial charge in [-0.2, -0.15) is 0 Å². The average molecular weight is 347 g/mol. The molecule has 2 fully saturated rings. The van der Waals surface area contributed by atoms with Gasteiger partial charge in [-0.05, 0) is 30.5 Å². The summed E-state index contributed by atoms with van der Waals surface area (Å²) in [6.07, 6.45) is 2.23. The molecule has 3 aliphatic heterocycles. The molecule has 0 radical (unpaired) electrons. The highest BCUT2D eigenvalue weighted by Gasteiger charge is 2.44. The van der Waals surface area contributed by atoms with Crippen LogP contribution in [0.2, 0.25) is 0 Å². The molecule has 3 heterocycles. The molecule has 1 aromatic carbocycles. The van der Waals surface area contributed by atoms with Crippen LogP contribution < -0.4 is 14.8 Å². The molecule has 0 bridgehead atoms. The van der Waals surface area contributed by atoms with Crippen LogP contribution in [0.25, 0.3) is 0 Å². The van der Waals surface area contributed by atoms with Gasteiger partial charge in [0.1, 0.15) is 0 Å². The number of nitrogens with one attached hydrogen (secondary N) is 1. The molecule has 0 spiro atoms. The van der Waals surface area contributed by atoms with Crippen molar-refractivity contribution in [2.45, 2.75) is 37.6 Å². The lowest BCUT2D eigenvalue weighted by Gasteiger charge is -2.32. The summed E-state index contributed by atoms with van der Waals surface area (Å²) < 4.78 is 16.9. The van der Waals surface area contributed by atoms with Crippen molar-refractivity contribution in [2.24, 2.45) is 0 Å². The minimum atomic E-state index is -0.0668. The van der Waals surface area contributed by atoms with Crippen molar-refractivity contribution in [3.63, 3.8) is 0 Å². The van der Waals surface area contributed by atoms with Crippen molar-refractivity contribution in [3.8, 4) is 11.5 Å². The Morgan fingerprint density at radius 1 is 1.32 bits per heavy atom. The van der Waals surface area contributed by atoms with Crippen LogP contribution in [0.4, 0.5) is 4.79 Å². The van der Waals surface area contributed by atoms with Gasteiger partial charge in [0, 0.05) is 39.8 Å². The minimum Gasteiger partial charge on any atom is -0.454 e. The van der Waals surface area contributed by atoms with Crippen LogP contribution in [0, 0.1) is 0 Å². The third kappa shape index (κ3) is 3.26. The zero-order valence-corrected chi connectivity index (χ0v) is 14.7. The average Bonchev–Trinajstić information content (AvgIpc) is 3.20. The molecule has 3 aliphatic rings. The van der Waals surface area contributed by atoms with Crippen LogP contribution in [0.5, 0.6) is 11.5 Å². The van der Waals surface area contributed by atoms with E-state index in [1.807, 2.05) is 12.1 Å². The lowest BCUT2D eigenvalue weighted by molar-refractivity contribution is -0.0207. The third-order valence-corrected chi connectivity index (χ3v) is 5.17. The summed E-state index contributed by atoms with van der Waals surface area (Å²) >= 11 is 0. The Balaban J connectivity index is 1.48. The first-order valence-corrected chi connectivity index (χ1v) is 8.84. The molecular formula is C18H25N3O4. The van der Waals surface area contributed by atoms with Gasteiger partial charge in [-0.15, -0.1) is 0 Å². The molecule has 1 N–H and O–H groups in total. The van der Waals surface area contributed by atoms with E-state index in [1.54, 1.807) is 19.0 Å². The second-order valence-corrected chi connectivity index (χ2v) is 7.11. The fourth-order valence-electron chi connectivity index (χ4n) is 3.92. The summed E-state index contributed by atoms with van der Waals surface area (Å²) in [6.45, 7) is 2.67. The number of carbonyl (C=O) groups excluding carboxylic acids is 1. The van der Waals surface area contributed by atoms with Crippen molar-refractivity contribution in [1.29, 1.82) is 0 Å². The number of fused-ring (bicyclic) bond motifs is 2. The molecule has 0 aliphatic carbocycles. The number of amides is 2. The number of likely N-dealkylation sites (tertiary alicyclic amines) is 1. The van der Waals surface area contributed by atoms with E-state index in [4.69, 9.17) is 14.2 Å². The van der Waals surface area contributed by atoms with Crippen molar-refractivity contribution < 1.29 is 19.0 Å². The Labute approximate surface area is 147 Å². The minimum absolute atomic E-state index is 0.0224. The summed E-state index contributed by atoms with van der Waals surface area (Å²) in [5.41, 5.74) is 1.19. The summed E-state index contributed by atoms with van der Waals surface area (Å²) in [5, 5.41) is 3.11. The van der Waals surface area contributed by atoms with Gasteiger partial charge in [-0.25, -0.2) is 4.79 Å². The topological polar surface area (TPSA) is 63.3 Å². The lowest BCUT2D eigenvalue weighted by atomic mass is 10.0. The van der Waals surface area contributed by atoms with Gasteiger partial charge >= 0.3 is 6.03 Å². The van der Waals surface area contributed by atoms with Crippen LogP contribution in [-0.2, 0) is 11.3 Å². The number of ether oxygens (including phenoxy) is 3. The number of nitrogens with zero attached hydrogens (tertiary/aromatic N) is 2. The molecule has 25 heavy (non-hydrogen) atoms. The fourth-order valence-corrected chi connectivity index (χ4v) is 3.92. The highest BCUT2D eigenvalue weighted by atomic mass is 16.7. The molecule has 1 aromatic rings. The normalized spacial score (nSPS) is 27.8. The highest BCUT2D eigenvalue weighted by molar-refractivity contribution is 5.74. The first-order chi connectivity index (χ1) is 12.1. The Morgan fingerprint density at radius 2 is 2.16 bits per heavy atom. The molecule has 4 rings (SSSR count). The lowest BCUT2D eigenvalue weighted by Crippen LogP contribution is -2.50. The van der Waals surface area contributed by atoms with E-state index in [2.05, 4.69) is 16.3 Å². The summed E-state index contributed by atoms with van der Waals surface area (Å²) in [6, 6.07) is 6.39. The molecule has 0 unspecified atom stereocenters. The molecular weight excluding hydrogens is 322 g/mol. The monoisotopic (exact) mass is 347 g/mol. The molecule has 7 nitrogen and oxygen atoms in total. The Bertz CT molecular complexity index is 651. The summed E-state index contributed by atoms with van der Waals surface area (Å²) in [5.74, 6) is 1.62. The van der Waals surface area contributed by atoms with Gasteiger partial charge in [0.05, 0.1) is 12.1 Å². The SMILES string of the molecule is CN(C)C(=O)N[C@@H]1CN(Cc2ccc3c(c2)OCO3)[C@@H]2CCCO[C@@H]21. The van der Waals surface area contributed by atoms with E-state index in [0.29, 0.717) is 12.8 Å². The third-order valence-electron chi connectivity index (χ3n) is 5.17. The largest absolute Gasteiger partial charge is 0.454 e. The van der Waals surface area contributed by atoms with Crippen LogP contribution in [0.15, 0.2) is 18.2 Å². The van der Waals surface area contributed by atoms with Crippen LogP contribution in [-0.4, -0.2) is 68.1 Å². The van der Waals surface area contributed by atoms with Gasteiger partial charge in [-0.3, -0.25) is 4.90 Å². The van der Waals surface area contributed by atoms with Crippen LogP contribution in [0.1, 0.15) is 18.4 Å². The summed E-state index contributed by atoms with van der Waals surface area (Å²) in [4.78, 5) is 16.1. The van der Waals surface area contributed by atoms with Crippen LogP contribution >= 0.6 is 0 Å². The van der Waals surface area contributed by atoms with Crippen molar-refractivity contribution in [1.82, 2.24) is 15.1 Å². The maximum atomic E-state index is 12.1. The zero-order chi connectivity index (χ0) is 17.4. The first kappa shape index (κ1) is 16.5. The predicted octanol–water partition coefficient (Wildman–Crippen LogP) is 1.42. The first-order valence-electron chi connectivity index (χ1n) is 8.84. The van der Waals surface area contributed by atoms with E-state index < -0.39 is 0 Å². The molecule has 7 heteroatoms. The van der Waals surface area contributed by atoms with E-state index in [-0.39, 0.29) is 18.2 Å². The maximum Gasteiger partial charge on any atom is 0.317 e. The quantitative estimate of drug-likeness (QED) is 0.896. The zero-order valence-electron chi connectivity index (χ0n) is 14.7. The van der Waals surface area contributed by atoms with Crippen molar-refractivity contribution in [2.75, 3.05) is 34.0 Å². The fraction of sp³-hybridized carbons (Fsp3) is 0.611. The predicted molar refractivity (Wildman–Crippen MR) is 91.7 cm³/mol. The number of hydrogen-bond donors (Lipinski definition) is 1. The smallest absolute Gasteiger partial charge is 0.317 e. The maximum absolute atomic E-state index is 12.1. The van der Waals surface area contributed by atoms with E-state index in [9.17, 15) is 4.79 Å². The van der Waals surface area contributed by atoms with E-state index >= 15 is 0 Å². The van der Waals surface area contributed by atoms with E-state index in [0.717, 1.165) is 44.0 Å². The highest BCUT2D eigenvalue weighted by Crippen LogP contribution is 2.35. The molecule has 3 atom stereocenters. The second kappa shape index (κ2) is 6.72. The van der Waals surface area contributed by atoms with Gasteiger partial charge < -0.3 is 24.4 Å². The van der Waals surface area contributed by atoms with Gasteiger partial charge in [0.15, 0.2) is 11.5 Å². The Kier molecular flexibility index (Phi) is 4.43. The molecule has 0 saturated carbocycles. The molecule has 136 valence electrons. The van der Waals surface area contributed by atoms with E-state index in [1.165, 1.54) is 5.56 Å². The number of urea groups is 1. The van der Waals surface area contributed by atoms with Crippen molar-refractivity contribution in [3.05, 3.63) is 23.8 Å². The second-order valence-electron chi connectivity index (χ2n) is 7.11. The molecule has 2 amide bonds. The Morgan fingerprint density at radius 3 is 3.00 bits per heavy atom. The number of hydrogen-bond acceptors (Lipinski definition) is 5. The summed E-state index contributed by atoms with van der Waals surface area (Å²) in [7, 11) is 3.52. The van der Waals surface area contributed by atoms with Gasteiger partial charge in [0.25, 0.3) is 0 Å². The van der Waals surface area contributed by atoms with Crippen molar-refractivity contribution >= 4 is 6.03 Å². The number of carbonyl (C=O) groups is 1. The standard InChI is InChI=1S/C18H25N3O4/c1-20(2)18(22)19-13-10-21(14-4-3-7-23-17(13)14)9-12-5-6-15-16(8-12)25-11-24-15/h5-6,8,13-14,17H,3-4,7,9-11H2,1-2H3,(H,19,22)/t13-,14-,17-/m1/s1. The number of benzene rings is 1. The van der Waals surface area contributed by atoms with Gasteiger partial charge in [0.2, 0.25) is 6.79 Å². The van der Waals surface area contributed by atoms with Gasteiger partial charge in [-0.1, -0.05) is 6.07 Å². The van der Waals surface area contributed by atoms with Crippen LogP contribution in [0.3, 0.4) is 0 Å². The molecule has 2 saturated heterocycles. The molecule has 0 aromatic heterocycles.